The molecule has 0 aliphatic carbocycles. The van der Waals surface area contributed by atoms with E-state index in [2.05, 4.69) is 21.2 Å². The number of aryl methyl sites for hydroxylation is 1. The third-order valence-electron chi connectivity index (χ3n) is 2.44. The van der Waals surface area contributed by atoms with Gasteiger partial charge in [0, 0.05) is 0 Å². The lowest BCUT2D eigenvalue weighted by Crippen LogP contribution is -2.27. The first-order valence-electron chi connectivity index (χ1n) is 5.88. The fourth-order valence-electron chi connectivity index (χ4n) is 1.56. The molecule has 0 atom stereocenters. The van der Waals surface area contributed by atoms with Gasteiger partial charge in [-0.2, -0.15) is 0 Å². The normalized spacial score (nSPS) is 10.2. The van der Waals surface area contributed by atoms with Gasteiger partial charge in [-0.25, -0.2) is 0 Å². The van der Waals surface area contributed by atoms with E-state index in [1.54, 1.807) is 6.07 Å². The van der Waals surface area contributed by atoms with Crippen molar-refractivity contribution in [2.75, 3.05) is 13.2 Å². The second-order valence-corrected chi connectivity index (χ2v) is 6.49. The predicted molar refractivity (Wildman–Crippen MR) is 81.0 cm³/mol. The highest BCUT2D eigenvalue weighted by Crippen LogP contribution is 2.21. The minimum absolute atomic E-state index is 0.0662. The molecule has 3 nitrogen and oxygen atoms in total. The number of ether oxygens (including phenoxy) is 1. The predicted octanol–water partition coefficient (Wildman–Crippen LogP) is 3.63. The SMILES string of the molecule is Cc1cccc(OCCNC(=O)c2ccc(Br)s2)c1. The first kappa shape index (κ1) is 14.1. The Bertz CT molecular complexity index is 568. The number of carbonyl (C=O) groups excluding carboxylic acids is 1. The highest BCUT2D eigenvalue weighted by molar-refractivity contribution is 9.11. The van der Waals surface area contributed by atoms with Gasteiger partial charge < -0.3 is 10.1 Å². The summed E-state index contributed by atoms with van der Waals surface area (Å²) >= 11 is 4.75. The Labute approximate surface area is 124 Å². The topological polar surface area (TPSA) is 38.3 Å². The molecule has 0 radical (unpaired) electrons. The number of hydrogen-bond acceptors (Lipinski definition) is 3. The van der Waals surface area contributed by atoms with Crippen LogP contribution >= 0.6 is 27.3 Å². The van der Waals surface area contributed by atoms with Crippen LogP contribution in [0, 0.1) is 6.92 Å². The molecule has 19 heavy (non-hydrogen) atoms. The number of carbonyl (C=O) groups is 1. The summed E-state index contributed by atoms with van der Waals surface area (Å²) < 4.78 is 6.51. The lowest BCUT2D eigenvalue weighted by molar-refractivity contribution is 0.0951. The number of halogens is 1. The van der Waals surface area contributed by atoms with Gasteiger partial charge in [0.15, 0.2) is 0 Å². The molecule has 2 aromatic rings. The van der Waals surface area contributed by atoms with Gasteiger partial charge in [-0.05, 0) is 52.7 Å². The highest BCUT2D eigenvalue weighted by atomic mass is 79.9. The van der Waals surface area contributed by atoms with Crippen LogP contribution in [0.2, 0.25) is 0 Å². The molecule has 0 saturated heterocycles. The molecular formula is C14H14BrNO2S. The van der Waals surface area contributed by atoms with Crippen molar-refractivity contribution >= 4 is 33.2 Å². The molecule has 0 aliphatic rings. The summed E-state index contributed by atoms with van der Waals surface area (Å²) in [7, 11) is 0. The first-order chi connectivity index (χ1) is 9.15. The third-order valence-corrected chi connectivity index (χ3v) is 4.07. The number of hydrogen-bond donors (Lipinski definition) is 1. The molecule has 100 valence electrons. The maximum atomic E-state index is 11.7. The number of rotatable bonds is 5. The molecule has 0 fully saturated rings. The molecule has 1 heterocycles. The van der Waals surface area contributed by atoms with Crippen molar-refractivity contribution in [1.82, 2.24) is 5.32 Å². The summed E-state index contributed by atoms with van der Waals surface area (Å²) in [6.07, 6.45) is 0. The molecule has 0 spiro atoms. The largest absolute Gasteiger partial charge is 0.492 e. The Morgan fingerprint density at radius 3 is 2.89 bits per heavy atom. The molecule has 0 bridgehead atoms. The quantitative estimate of drug-likeness (QED) is 0.844. The van der Waals surface area contributed by atoms with Crippen molar-refractivity contribution in [3.05, 3.63) is 50.6 Å². The Kier molecular flexibility index (Phi) is 4.99. The molecule has 0 unspecified atom stereocenters. The summed E-state index contributed by atoms with van der Waals surface area (Å²) in [6.45, 7) is 2.97. The molecule has 0 saturated carbocycles. The second kappa shape index (κ2) is 6.73. The minimum atomic E-state index is -0.0662. The second-order valence-electron chi connectivity index (χ2n) is 4.02. The van der Waals surface area contributed by atoms with E-state index < -0.39 is 0 Å². The van der Waals surface area contributed by atoms with Crippen LogP contribution in [-0.4, -0.2) is 19.1 Å². The van der Waals surface area contributed by atoms with Crippen LogP contribution in [0.5, 0.6) is 5.75 Å². The molecule has 1 N–H and O–H groups in total. The molecule has 2 rings (SSSR count). The molecule has 0 aliphatic heterocycles. The van der Waals surface area contributed by atoms with Gasteiger partial charge in [-0.3, -0.25) is 4.79 Å². The van der Waals surface area contributed by atoms with Gasteiger partial charge in [0.25, 0.3) is 5.91 Å². The molecule has 1 aromatic carbocycles. The maximum absolute atomic E-state index is 11.7. The van der Waals surface area contributed by atoms with Gasteiger partial charge in [0.1, 0.15) is 12.4 Å². The van der Waals surface area contributed by atoms with Gasteiger partial charge >= 0.3 is 0 Å². The zero-order chi connectivity index (χ0) is 13.7. The molecule has 5 heteroatoms. The Morgan fingerprint density at radius 1 is 1.37 bits per heavy atom. The van der Waals surface area contributed by atoms with Gasteiger partial charge in [0.05, 0.1) is 15.2 Å². The first-order valence-corrected chi connectivity index (χ1v) is 7.49. The Morgan fingerprint density at radius 2 is 2.21 bits per heavy atom. The van der Waals surface area contributed by atoms with Crippen molar-refractivity contribution in [2.45, 2.75) is 6.92 Å². The fourth-order valence-corrected chi connectivity index (χ4v) is 2.86. The molecule has 1 aromatic heterocycles. The van der Waals surface area contributed by atoms with Crippen LogP contribution in [-0.2, 0) is 0 Å². The van der Waals surface area contributed by atoms with E-state index in [9.17, 15) is 4.79 Å². The van der Waals surface area contributed by atoms with Crippen molar-refractivity contribution in [3.8, 4) is 5.75 Å². The van der Waals surface area contributed by atoms with Gasteiger partial charge in [0.2, 0.25) is 0 Å². The average Bonchev–Trinajstić information content (AvgIpc) is 2.81. The number of benzene rings is 1. The Hall–Kier alpha value is -1.33. The fraction of sp³-hybridized carbons (Fsp3) is 0.214. The maximum Gasteiger partial charge on any atom is 0.261 e. The van der Waals surface area contributed by atoms with E-state index in [-0.39, 0.29) is 5.91 Å². The van der Waals surface area contributed by atoms with Gasteiger partial charge in [-0.15, -0.1) is 11.3 Å². The lowest BCUT2D eigenvalue weighted by atomic mass is 10.2. The number of nitrogens with one attached hydrogen (secondary N) is 1. The van der Waals surface area contributed by atoms with Crippen LogP contribution in [0.3, 0.4) is 0 Å². The van der Waals surface area contributed by atoms with E-state index in [0.29, 0.717) is 18.0 Å². The van der Waals surface area contributed by atoms with Crippen LogP contribution in [0.1, 0.15) is 15.2 Å². The van der Waals surface area contributed by atoms with Crippen LogP contribution < -0.4 is 10.1 Å². The van der Waals surface area contributed by atoms with Crippen molar-refractivity contribution in [1.29, 1.82) is 0 Å². The lowest BCUT2D eigenvalue weighted by Gasteiger charge is -2.07. The third kappa shape index (κ3) is 4.36. The van der Waals surface area contributed by atoms with Crippen molar-refractivity contribution < 1.29 is 9.53 Å². The van der Waals surface area contributed by atoms with E-state index in [1.165, 1.54) is 11.3 Å². The van der Waals surface area contributed by atoms with E-state index in [1.807, 2.05) is 37.3 Å². The summed E-state index contributed by atoms with van der Waals surface area (Å²) in [4.78, 5) is 12.4. The average molecular weight is 340 g/mol. The summed E-state index contributed by atoms with van der Waals surface area (Å²) in [5.74, 6) is 0.761. The smallest absolute Gasteiger partial charge is 0.261 e. The number of amides is 1. The van der Waals surface area contributed by atoms with Crippen molar-refractivity contribution in [2.24, 2.45) is 0 Å². The van der Waals surface area contributed by atoms with E-state index in [0.717, 1.165) is 15.1 Å². The van der Waals surface area contributed by atoms with Crippen LogP contribution in [0.4, 0.5) is 0 Å². The summed E-state index contributed by atoms with van der Waals surface area (Å²) in [6, 6.07) is 11.5. The highest BCUT2D eigenvalue weighted by Gasteiger charge is 2.07. The van der Waals surface area contributed by atoms with E-state index in [4.69, 9.17) is 4.74 Å². The van der Waals surface area contributed by atoms with E-state index >= 15 is 0 Å². The standard InChI is InChI=1S/C14H14BrNO2S/c1-10-3-2-4-11(9-10)18-8-7-16-14(17)12-5-6-13(15)19-12/h2-6,9H,7-8H2,1H3,(H,16,17). The summed E-state index contributed by atoms with van der Waals surface area (Å²) in [5.41, 5.74) is 1.16. The zero-order valence-corrected chi connectivity index (χ0v) is 12.9. The minimum Gasteiger partial charge on any atom is -0.492 e. The van der Waals surface area contributed by atoms with Crippen molar-refractivity contribution in [3.63, 3.8) is 0 Å². The van der Waals surface area contributed by atoms with Crippen LogP contribution in [0.25, 0.3) is 0 Å². The summed E-state index contributed by atoms with van der Waals surface area (Å²) in [5, 5.41) is 2.82. The Balaban J connectivity index is 1.74. The molecule has 1 amide bonds. The zero-order valence-electron chi connectivity index (χ0n) is 10.5. The monoisotopic (exact) mass is 339 g/mol. The molecular weight excluding hydrogens is 326 g/mol. The number of thiophene rings is 1. The van der Waals surface area contributed by atoms with Crippen LogP contribution in [0.15, 0.2) is 40.2 Å². The van der Waals surface area contributed by atoms with Gasteiger partial charge in [-0.1, -0.05) is 12.1 Å².